The molecular weight excluding hydrogens is 463 g/mol. The molecule has 3 rings (SSSR count). The van der Waals surface area contributed by atoms with E-state index >= 15 is 0 Å². The fourth-order valence-electron chi connectivity index (χ4n) is 2.82. The number of hydrogen-bond acceptors (Lipinski definition) is 5. The standard InChI is InChI=1S/C20H22Cl2N4O4S/c1-11-3-6-17(12(2)7-11)23-10-19(27)24-25-20(28)14-8-18(16(22)9-15(14)21)31(29,30)26-13-4-5-13/h3,6-9,13,23,26H,4-5,10H2,1-2H3,(H,24,27)(H,25,28). The number of rotatable bonds is 7. The number of nitrogens with one attached hydrogen (secondary N) is 4. The molecule has 8 nitrogen and oxygen atoms in total. The van der Waals surface area contributed by atoms with Crippen molar-refractivity contribution in [2.45, 2.75) is 37.6 Å². The smallest absolute Gasteiger partial charge is 0.271 e. The lowest BCUT2D eigenvalue weighted by Gasteiger charge is -2.13. The highest BCUT2D eigenvalue weighted by Crippen LogP contribution is 2.30. The van der Waals surface area contributed by atoms with Crippen LogP contribution in [0.5, 0.6) is 0 Å². The molecule has 2 aromatic carbocycles. The van der Waals surface area contributed by atoms with Crippen molar-refractivity contribution in [2.24, 2.45) is 0 Å². The molecule has 1 fully saturated rings. The van der Waals surface area contributed by atoms with Gasteiger partial charge in [-0.2, -0.15) is 0 Å². The van der Waals surface area contributed by atoms with Crippen molar-refractivity contribution < 1.29 is 18.0 Å². The second kappa shape index (κ2) is 9.44. The number of sulfonamides is 1. The minimum absolute atomic E-state index is 0.0458. The van der Waals surface area contributed by atoms with Crippen LogP contribution in [0.15, 0.2) is 35.2 Å². The van der Waals surface area contributed by atoms with Crippen molar-refractivity contribution in [3.63, 3.8) is 0 Å². The van der Waals surface area contributed by atoms with Gasteiger partial charge in [0.15, 0.2) is 0 Å². The predicted molar refractivity (Wildman–Crippen MR) is 120 cm³/mol. The van der Waals surface area contributed by atoms with E-state index in [-0.39, 0.29) is 33.1 Å². The maximum absolute atomic E-state index is 12.5. The molecule has 1 aliphatic carbocycles. The third-order valence-electron chi connectivity index (χ3n) is 4.59. The second-order valence-electron chi connectivity index (χ2n) is 7.33. The summed E-state index contributed by atoms with van der Waals surface area (Å²) in [4.78, 5) is 24.3. The first-order valence-corrected chi connectivity index (χ1v) is 11.7. The molecule has 0 unspecified atom stereocenters. The van der Waals surface area contributed by atoms with Gasteiger partial charge in [-0.3, -0.25) is 20.4 Å². The molecular formula is C20H22Cl2N4O4S. The Morgan fingerprint density at radius 2 is 1.74 bits per heavy atom. The maximum Gasteiger partial charge on any atom is 0.271 e. The Bertz CT molecular complexity index is 1130. The van der Waals surface area contributed by atoms with Crippen molar-refractivity contribution in [1.82, 2.24) is 15.6 Å². The molecule has 166 valence electrons. The molecule has 0 heterocycles. The first-order chi connectivity index (χ1) is 14.6. The molecule has 1 saturated carbocycles. The number of hydrazine groups is 1. The van der Waals surface area contributed by atoms with Gasteiger partial charge in [-0.05, 0) is 50.5 Å². The number of amides is 2. The van der Waals surface area contributed by atoms with Gasteiger partial charge < -0.3 is 5.32 Å². The molecule has 11 heteroatoms. The van der Waals surface area contributed by atoms with Gasteiger partial charge in [0, 0.05) is 11.7 Å². The van der Waals surface area contributed by atoms with E-state index in [1.807, 2.05) is 32.0 Å². The number of hydrogen-bond donors (Lipinski definition) is 4. The summed E-state index contributed by atoms with van der Waals surface area (Å²) >= 11 is 12.1. The first-order valence-electron chi connectivity index (χ1n) is 9.48. The van der Waals surface area contributed by atoms with Gasteiger partial charge >= 0.3 is 0 Å². The van der Waals surface area contributed by atoms with E-state index in [2.05, 4.69) is 20.9 Å². The minimum Gasteiger partial charge on any atom is -0.376 e. The highest BCUT2D eigenvalue weighted by Gasteiger charge is 2.30. The molecule has 2 amide bonds. The molecule has 4 N–H and O–H groups in total. The van der Waals surface area contributed by atoms with Crippen LogP contribution in [0.3, 0.4) is 0 Å². The van der Waals surface area contributed by atoms with E-state index in [9.17, 15) is 18.0 Å². The zero-order chi connectivity index (χ0) is 22.8. The average molecular weight is 485 g/mol. The Morgan fingerprint density at radius 1 is 1.03 bits per heavy atom. The monoisotopic (exact) mass is 484 g/mol. The van der Waals surface area contributed by atoms with Gasteiger partial charge in [0.25, 0.3) is 11.8 Å². The Balaban J connectivity index is 1.63. The highest BCUT2D eigenvalue weighted by molar-refractivity contribution is 7.89. The third kappa shape index (κ3) is 6.10. The number of anilines is 1. The lowest BCUT2D eigenvalue weighted by Crippen LogP contribution is -2.44. The molecule has 0 spiro atoms. The first kappa shape index (κ1) is 23.3. The zero-order valence-corrected chi connectivity index (χ0v) is 19.2. The largest absolute Gasteiger partial charge is 0.376 e. The van der Waals surface area contributed by atoms with Gasteiger partial charge in [-0.15, -0.1) is 0 Å². The summed E-state index contributed by atoms with van der Waals surface area (Å²) in [6.45, 7) is 3.81. The summed E-state index contributed by atoms with van der Waals surface area (Å²) in [5, 5.41) is 2.83. The second-order valence-corrected chi connectivity index (χ2v) is 9.83. The van der Waals surface area contributed by atoms with E-state index in [0.717, 1.165) is 35.7 Å². The molecule has 2 aromatic rings. The molecule has 31 heavy (non-hydrogen) atoms. The summed E-state index contributed by atoms with van der Waals surface area (Å²) in [5.41, 5.74) is 7.25. The van der Waals surface area contributed by atoms with E-state index in [1.54, 1.807) is 0 Å². The highest BCUT2D eigenvalue weighted by atomic mass is 35.5. The Hall–Kier alpha value is -2.33. The van der Waals surface area contributed by atoms with Crippen LogP contribution in [-0.4, -0.2) is 32.8 Å². The summed E-state index contributed by atoms with van der Waals surface area (Å²) in [5.74, 6) is -1.27. The van der Waals surface area contributed by atoms with E-state index < -0.39 is 21.8 Å². The van der Waals surface area contributed by atoms with Crippen LogP contribution in [0, 0.1) is 13.8 Å². The van der Waals surface area contributed by atoms with Gasteiger partial charge in [0.2, 0.25) is 10.0 Å². The lowest BCUT2D eigenvalue weighted by molar-refractivity contribution is -0.120. The van der Waals surface area contributed by atoms with Gasteiger partial charge in [0.05, 0.1) is 22.2 Å². The van der Waals surface area contributed by atoms with E-state index in [4.69, 9.17) is 23.2 Å². The predicted octanol–water partition coefficient (Wildman–Crippen LogP) is 2.92. The topological polar surface area (TPSA) is 116 Å². The van der Waals surface area contributed by atoms with Crippen molar-refractivity contribution >= 4 is 50.7 Å². The van der Waals surface area contributed by atoms with Crippen LogP contribution >= 0.6 is 23.2 Å². The number of aryl methyl sites for hydroxylation is 2. The van der Waals surface area contributed by atoms with Crippen molar-refractivity contribution in [1.29, 1.82) is 0 Å². The van der Waals surface area contributed by atoms with Crippen LogP contribution in [0.1, 0.15) is 34.3 Å². The third-order valence-corrected chi connectivity index (χ3v) is 6.89. The number of carbonyl (C=O) groups is 2. The molecule has 0 saturated heterocycles. The Morgan fingerprint density at radius 3 is 2.39 bits per heavy atom. The van der Waals surface area contributed by atoms with E-state index in [0.29, 0.717) is 0 Å². The number of benzene rings is 2. The number of halogens is 2. The van der Waals surface area contributed by atoms with Crippen LogP contribution in [-0.2, 0) is 14.8 Å². The normalized spacial score (nSPS) is 13.5. The van der Waals surface area contributed by atoms with Gasteiger partial charge in [-0.25, -0.2) is 13.1 Å². The Labute approximate surface area is 190 Å². The van der Waals surface area contributed by atoms with Crippen molar-refractivity contribution in [3.8, 4) is 0 Å². The van der Waals surface area contributed by atoms with Crippen LogP contribution in [0.4, 0.5) is 5.69 Å². The van der Waals surface area contributed by atoms with Gasteiger partial charge in [0.1, 0.15) is 4.90 Å². The number of carbonyl (C=O) groups excluding carboxylic acids is 2. The quantitative estimate of drug-likeness (QED) is 0.450. The zero-order valence-electron chi connectivity index (χ0n) is 16.9. The summed E-state index contributed by atoms with van der Waals surface area (Å²) in [7, 11) is -3.90. The fourth-order valence-corrected chi connectivity index (χ4v) is 4.98. The fraction of sp³-hybridized carbons (Fsp3) is 0.300. The molecule has 0 aliphatic heterocycles. The maximum atomic E-state index is 12.5. The average Bonchev–Trinajstić information content (AvgIpc) is 3.48. The van der Waals surface area contributed by atoms with E-state index in [1.165, 1.54) is 6.07 Å². The Kier molecular flexibility index (Phi) is 7.10. The van der Waals surface area contributed by atoms with Crippen molar-refractivity contribution in [3.05, 3.63) is 57.1 Å². The van der Waals surface area contributed by atoms with Crippen LogP contribution in [0.2, 0.25) is 10.0 Å². The summed E-state index contributed by atoms with van der Waals surface area (Å²) in [6.07, 6.45) is 1.50. The molecule has 1 aliphatic rings. The molecule has 0 atom stereocenters. The molecule has 0 aromatic heterocycles. The van der Waals surface area contributed by atoms with Gasteiger partial charge in [-0.1, -0.05) is 40.9 Å². The van der Waals surface area contributed by atoms with Crippen LogP contribution in [0.25, 0.3) is 0 Å². The molecule has 0 radical (unpaired) electrons. The van der Waals surface area contributed by atoms with Crippen LogP contribution < -0.4 is 20.9 Å². The minimum atomic E-state index is -3.90. The lowest BCUT2D eigenvalue weighted by atomic mass is 10.1. The molecule has 0 bridgehead atoms. The summed E-state index contributed by atoms with van der Waals surface area (Å²) < 4.78 is 27.4. The van der Waals surface area contributed by atoms with Crippen molar-refractivity contribution in [2.75, 3.05) is 11.9 Å². The summed E-state index contributed by atoms with van der Waals surface area (Å²) in [6, 6.07) is 7.91. The SMILES string of the molecule is Cc1ccc(NCC(=O)NNC(=O)c2cc(S(=O)(=O)NC3CC3)c(Cl)cc2Cl)c(C)c1.